The second-order valence-corrected chi connectivity index (χ2v) is 5.59. The van der Waals surface area contributed by atoms with Crippen LogP contribution in [0.2, 0.25) is 0 Å². The van der Waals surface area contributed by atoms with E-state index in [1.807, 2.05) is 0 Å². The Morgan fingerprint density at radius 3 is 2.38 bits per heavy atom. The molecule has 6 nitrogen and oxygen atoms in total. The van der Waals surface area contributed by atoms with Crippen molar-refractivity contribution >= 4 is 29.2 Å². The fraction of sp³-hybridized carbons (Fsp3) is 0.400. The van der Waals surface area contributed by atoms with Crippen molar-refractivity contribution in [1.82, 2.24) is 0 Å². The maximum Gasteiger partial charge on any atom is 0.307 e. The van der Waals surface area contributed by atoms with Crippen LogP contribution < -0.4 is 10.6 Å². The van der Waals surface area contributed by atoms with Gasteiger partial charge in [-0.3, -0.25) is 14.4 Å². The molecule has 2 rings (SSSR count). The van der Waals surface area contributed by atoms with Crippen LogP contribution in [-0.4, -0.2) is 23.4 Å². The molecule has 0 radical (unpaired) electrons. The third-order valence-electron chi connectivity index (χ3n) is 3.35. The van der Waals surface area contributed by atoms with Crippen molar-refractivity contribution in [3.8, 4) is 0 Å². The van der Waals surface area contributed by atoms with Gasteiger partial charge in [-0.25, -0.2) is 0 Å². The van der Waals surface area contributed by atoms with Crippen molar-refractivity contribution in [2.24, 2.45) is 5.92 Å². The number of nitrogens with one attached hydrogen (secondary N) is 2. The molecule has 0 saturated carbocycles. The van der Waals surface area contributed by atoms with Gasteiger partial charge < -0.3 is 15.4 Å². The number of benzene rings is 1. The zero-order chi connectivity index (χ0) is 15.6. The maximum atomic E-state index is 12.3. The Morgan fingerprint density at radius 1 is 1.24 bits per heavy atom. The second kappa shape index (κ2) is 5.55. The zero-order valence-corrected chi connectivity index (χ0v) is 12.2. The van der Waals surface area contributed by atoms with Gasteiger partial charge in [-0.1, -0.05) is 6.07 Å². The number of cyclic esters (lactones) is 1. The normalized spacial score (nSPS) is 19.8. The lowest BCUT2D eigenvalue weighted by atomic mass is 9.90. The number of rotatable bonds is 3. The van der Waals surface area contributed by atoms with Crippen LogP contribution >= 0.6 is 0 Å². The van der Waals surface area contributed by atoms with Crippen molar-refractivity contribution in [2.75, 3.05) is 10.6 Å². The van der Waals surface area contributed by atoms with Crippen molar-refractivity contribution < 1.29 is 19.1 Å². The van der Waals surface area contributed by atoms with Crippen LogP contribution in [0.1, 0.15) is 27.2 Å². The highest BCUT2D eigenvalue weighted by molar-refractivity contribution is 5.97. The Morgan fingerprint density at radius 2 is 1.86 bits per heavy atom. The van der Waals surface area contributed by atoms with Gasteiger partial charge in [-0.15, -0.1) is 0 Å². The SMILES string of the molecule is CC(=O)Nc1cccc(NC(=O)C2CC(=O)OC2(C)C)c1. The third-order valence-corrected chi connectivity index (χ3v) is 3.35. The molecule has 1 heterocycles. The molecule has 0 aliphatic carbocycles. The van der Waals surface area contributed by atoms with Gasteiger partial charge >= 0.3 is 5.97 Å². The van der Waals surface area contributed by atoms with E-state index in [9.17, 15) is 14.4 Å². The minimum Gasteiger partial charge on any atom is -0.459 e. The van der Waals surface area contributed by atoms with E-state index in [-0.39, 0.29) is 24.2 Å². The number of esters is 1. The fourth-order valence-corrected chi connectivity index (χ4v) is 2.33. The molecular weight excluding hydrogens is 272 g/mol. The van der Waals surface area contributed by atoms with Gasteiger partial charge in [0.2, 0.25) is 11.8 Å². The van der Waals surface area contributed by atoms with Crippen molar-refractivity contribution in [3.05, 3.63) is 24.3 Å². The van der Waals surface area contributed by atoms with Gasteiger partial charge in [0.05, 0.1) is 12.3 Å². The summed E-state index contributed by atoms with van der Waals surface area (Å²) in [5.41, 5.74) is 0.343. The highest BCUT2D eigenvalue weighted by Gasteiger charge is 2.46. The Hall–Kier alpha value is -2.37. The van der Waals surface area contributed by atoms with Gasteiger partial charge in [0, 0.05) is 18.3 Å². The van der Waals surface area contributed by atoms with E-state index in [1.54, 1.807) is 38.1 Å². The van der Waals surface area contributed by atoms with Crippen LogP contribution in [0.5, 0.6) is 0 Å². The Balaban J connectivity index is 2.09. The molecule has 1 saturated heterocycles. The molecular formula is C15H18N2O4. The monoisotopic (exact) mass is 290 g/mol. The molecule has 1 atom stereocenters. The highest BCUT2D eigenvalue weighted by atomic mass is 16.6. The molecule has 2 N–H and O–H groups in total. The lowest BCUT2D eigenvalue weighted by Gasteiger charge is -2.23. The molecule has 0 bridgehead atoms. The van der Waals surface area contributed by atoms with E-state index in [0.29, 0.717) is 11.4 Å². The summed E-state index contributed by atoms with van der Waals surface area (Å²) >= 11 is 0. The average Bonchev–Trinajstić information content (AvgIpc) is 2.62. The predicted octanol–water partition coefficient (Wildman–Crippen LogP) is 1.93. The van der Waals surface area contributed by atoms with Gasteiger partial charge in [-0.05, 0) is 32.0 Å². The summed E-state index contributed by atoms with van der Waals surface area (Å²) < 4.78 is 5.14. The van der Waals surface area contributed by atoms with Gasteiger partial charge in [0.25, 0.3) is 0 Å². The van der Waals surface area contributed by atoms with Gasteiger partial charge in [0.1, 0.15) is 5.60 Å². The topological polar surface area (TPSA) is 84.5 Å². The van der Waals surface area contributed by atoms with E-state index in [0.717, 1.165) is 0 Å². The first-order valence-corrected chi connectivity index (χ1v) is 6.68. The molecule has 1 fully saturated rings. The second-order valence-electron chi connectivity index (χ2n) is 5.59. The molecule has 21 heavy (non-hydrogen) atoms. The molecule has 1 aromatic rings. The van der Waals surface area contributed by atoms with Crippen molar-refractivity contribution in [1.29, 1.82) is 0 Å². The highest BCUT2D eigenvalue weighted by Crippen LogP contribution is 2.33. The number of carbonyl (C=O) groups excluding carboxylic acids is 3. The Kier molecular flexibility index (Phi) is 3.97. The van der Waals surface area contributed by atoms with E-state index in [1.165, 1.54) is 6.92 Å². The first kappa shape index (κ1) is 15.0. The molecule has 0 aromatic heterocycles. The molecule has 2 amide bonds. The summed E-state index contributed by atoms with van der Waals surface area (Å²) in [7, 11) is 0. The zero-order valence-electron chi connectivity index (χ0n) is 12.2. The molecule has 112 valence electrons. The van der Waals surface area contributed by atoms with Crippen molar-refractivity contribution in [2.45, 2.75) is 32.8 Å². The Bertz CT molecular complexity index is 595. The summed E-state index contributed by atoms with van der Waals surface area (Å²) in [4.78, 5) is 34.7. The summed E-state index contributed by atoms with van der Waals surface area (Å²) in [6.45, 7) is 4.85. The van der Waals surface area contributed by atoms with E-state index >= 15 is 0 Å². The van der Waals surface area contributed by atoms with Gasteiger partial charge in [-0.2, -0.15) is 0 Å². The quantitative estimate of drug-likeness (QED) is 0.833. The van der Waals surface area contributed by atoms with Crippen LogP contribution in [0, 0.1) is 5.92 Å². The number of amides is 2. The summed E-state index contributed by atoms with van der Waals surface area (Å²) in [6.07, 6.45) is 0.0736. The van der Waals surface area contributed by atoms with Crippen molar-refractivity contribution in [3.63, 3.8) is 0 Å². The maximum absolute atomic E-state index is 12.3. The number of hydrogen-bond donors (Lipinski definition) is 2. The predicted molar refractivity (Wildman–Crippen MR) is 77.7 cm³/mol. The van der Waals surface area contributed by atoms with Crippen LogP contribution in [-0.2, 0) is 19.1 Å². The minimum atomic E-state index is -0.809. The molecule has 1 aliphatic heterocycles. The molecule has 1 aromatic carbocycles. The summed E-state index contributed by atoms with van der Waals surface area (Å²) in [6, 6.07) is 6.82. The molecule has 6 heteroatoms. The van der Waals surface area contributed by atoms with Crippen LogP contribution in [0.25, 0.3) is 0 Å². The fourth-order valence-electron chi connectivity index (χ4n) is 2.33. The number of carbonyl (C=O) groups is 3. The first-order valence-electron chi connectivity index (χ1n) is 6.68. The standard InChI is InChI=1S/C15H18N2O4/c1-9(18)16-10-5-4-6-11(7-10)17-14(20)12-8-13(19)21-15(12,2)3/h4-7,12H,8H2,1-3H3,(H,16,18)(H,17,20). The van der Waals surface area contributed by atoms with Crippen LogP contribution in [0.15, 0.2) is 24.3 Å². The van der Waals surface area contributed by atoms with E-state index in [4.69, 9.17) is 4.74 Å². The van der Waals surface area contributed by atoms with Crippen LogP contribution in [0.3, 0.4) is 0 Å². The van der Waals surface area contributed by atoms with E-state index in [2.05, 4.69) is 10.6 Å². The first-order chi connectivity index (χ1) is 9.78. The van der Waals surface area contributed by atoms with E-state index < -0.39 is 11.5 Å². The van der Waals surface area contributed by atoms with Gasteiger partial charge in [0.15, 0.2) is 0 Å². The lowest BCUT2D eigenvalue weighted by Crippen LogP contribution is -2.36. The number of anilines is 2. The summed E-state index contributed by atoms with van der Waals surface area (Å²) in [5.74, 6) is -1.36. The summed E-state index contributed by atoms with van der Waals surface area (Å²) in [5, 5.41) is 5.39. The molecule has 1 aliphatic rings. The molecule has 0 spiro atoms. The largest absolute Gasteiger partial charge is 0.459 e. The molecule has 1 unspecified atom stereocenters. The minimum absolute atomic E-state index is 0.0736. The average molecular weight is 290 g/mol. The smallest absolute Gasteiger partial charge is 0.307 e. The number of hydrogen-bond acceptors (Lipinski definition) is 4. The van der Waals surface area contributed by atoms with Crippen LogP contribution in [0.4, 0.5) is 11.4 Å². The Labute approximate surface area is 122 Å². The third kappa shape index (κ3) is 3.59. The lowest BCUT2D eigenvalue weighted by molar-refractivity contribution is -0.147. The number of ether oxygens (including phenoxy) is 1.